The molecule has 4 saturated carbocycles. The van der Waals surface area contributed by atoms with Crippen LogP contribution in [0.15, 0.2) is 0 Å². The average Bonchev–Trinajstić information content (AvgIpc) is 2.11. The van der Waals surface area contributed by atoms with Crippen molar-refractivity contribution in [2.45, 2.75) is 71.3 Å². The maximum atomic E-state index is 10.3. The van der Waals surface area contributed by atoms with Crippen LogP contribution in [0.1, 0.15) is 65.2 Å². The fourth-order valence-electron chi connectivity index (χ4n) is 5.67. The van der Waals surface area contributed by atoms with Crippen LogP contribution in [0.5, 0.6) is 0 Å². The second-order valence-corrected chi connectivity index (χ2v) is 7.91. The van der Waals surface area contributed by atoms with Crippen LogP contribution < -0.4 is 0 Å². The van der Waals surface area contributed by atoms with Gasteiger partial charge < -0.3 is 5.11 Å². The SMILES string of the molecule is CC(C)CC(O)CC12CC3CC(CC(C3)C1)C2. The molecule has 17 heavy (non-hydrogen) atoms. The van der Waals surface area contributed by atoms with E-state index in [1.807, 2.05) is 0 Å². The zero-order chi connectivity index (χ0) is 12.0. The van der Waals surface area contributed by atoms with Crippen LogP contribution in [-0.2, 0) is 0 Å². The summed E-state index contributed by atoms with van der Waals surface area (Å²) in [5, 5.41) is 10.3. The second-order valence-electron chi connectivity index (χ2n) is 7.91. The summed E-state index contributed by atoms with van der Waals surface area (Å²) in [6.07, 6.45) is 10.9. The van der Waals surface area contributed by atoms with E-state index >= 15 is 0 Å². The molecule has 4 rings (SSSR count). The first-order valence-corrected chi connectivity index (χ1v) is 7.73. The summed E-state index contributed by atoms with van der Waals surface area (Å²) in [4.78, 5) is 0. The van der Waals surface area contributed by atoms with Gasteiger partial charge in [-0.1, -0.05) is 13.8 Å². The Morgan fingerprint density at radius 3 is 1.88 bits per heavy atom. The average molecular weight is 236 g/mol. The zero-order valence-electron chi connectivity index (χ0n) is 11.5. The summed E-state index contributed by atoms with van der Waals surface area (Å²) >= 11 is 0. The molecular weight excluding hydrogens is 208 g/mol. The topological polar surface area (TPSA) is 20.2 Å². The quantitative estimate of drug-likeness (QED) is 0.782. The molecule has 0 spiro atoms. The van der Waals surface area contributed by atoms with Gasteiger partial charge in [-0.25, -0.2) is 0 Å². The van der Waals surface area contributed by atoms with Crippen molar-refractivity contribution < 1.29 is 5.11 Å². The molecule has 4 bridgehead atoms. The molecule has 98 valence electrons. The van der Waals surface area contributed by atoms with Crippen molar-refractivity contribution in [1.82, 2.24) is 0 Å². The summed E-state index contributed by atoms with van der Waals surface area (Å²) in [7, 11) is 0. The molecule has 0 aromatic rings. The second kappa shape index (κ2) is 4.26. The Bertz CT molecular complexity index is 246. The molecule has 4 aliphatic carbocycles. The van der Waals surface area contributed by atoms with Crippen LogP contribution in [0.3, 0.4) is 0 Å². The first kappa shape index (κ1) is 12.0. The molecule has 0 saturated heterocycles. The first-order chi connectivity index (χ1) is 8.05. The predicted molar refractivity (Wildman–Crippen MR) is 70.7 cm³/mol. The van der Waals surface area contributed by atoms with Gasteiger partial charge in [0.05, 0.1) is 6.10 Å². The van der Waals surface area contributed by atoms with Gasteiger partial charge in [-0.2, -0.15) is 0 Å². The Morgan fingerprint density at radius 1 is 1.00 bits per heavy atom. The lowest BCUT2D eigenvalue weighted by Crippen LogP contribution is -2.47. The molecule has 0 aliphatic heterocycles. The van der Waals surface area contributed by atoms with Gasteiger partial charge >= 0.3 is 0 Å². The standard InChI is InChI=1S/C16H28O/c1-11(2)3-15(17)10-16-7-12-4-13(8-16)6-14(5-12)9-16/h11-15,17H,3-10H2,1-2H3. The molecule has 0 heterocycles. The number of rotatable bonds is 4. The predicted octanol–water partition coefficient (Wildman–Crippen LogP) is 4.00. The largest absolute Gasteiger partial charge is 0.393 e. The Morgan fingerprint density at radius 2 is 1.47 bits per heavy atom. The lowest BCUT2D eigenvalue weighted by Gasteiger charge is -2.57. The third kappa shape index (κ3) is 2.41. The van der Waals surface area contributed by atoms with Crippen molar-refractivity contribution in [3.63, 3.8) is 0 Å². The van der Waals surface area contributed by atoms with Crippen LogP contribution in [0.4, 0.5) is 0 Å². The minimum Gasteiger partial charge on any atom is -0.393 e. The first-order valence-electron chi connectivity index (χ1n) is 7.73. The molecule has 1 nitrogen and oxygen atoms in total. The van der Waals surface area contributed by atoms with Gasteiger partial charge in [-0.15, -0.1) is 0 Å². The van der Waals surface area contributed by atoms with Crippen molar-refractivity contribution in [3.8, 4) is 0 Å². The van der Waals surface area contributed by atoms with Crippen LogP contribution in [0, 0.1) is 29.1 Å². The highest BCUT2D eigenvalue weighted by molar-refractivity contribution is 5.02. The highest BCUT2D eigenvalue weighted by Gasteiger charge is 2.51. The van der Waals surface area contributed by atoms with Crippen molar-refractivity contribution in [2.24, 2.45) is 29.1 Å². The lowest BCUT2D eigenvalue weighted by atomic mass is 9.48. The van der Waals surface area contributed by atoms with Crippen molar-refractivity contribution >= 4 is 0 Å². The summed E-state index contributed by atoms with van der Waals surface area (Å²) < 4.78 is 0. The molecule has 1 N–H and O–H groups in total. The Balaban J connectivity index is 1.65. The highest BCUT2D eigenvalue weighted by atomic mass is 16.3. The maximum absolute atomic E-state index is 10.3. The van der Waals surface area contributed by atoms with E-state index in [4.69, 9.17) is 0 Å². The van der Waals surface area contributed by atoms with Gasteiger partial charge in [0.25, 0.3) is 0 Å². The fraction of sp³-hybridized carbons (Fsp3) is 1.00. The molecular formula is C16H28O. The normalized spacial score (nSPS) is 45.5. The van der Waals surface area contributed by atoms with Gasteiger partial charge in [-0.05, 0) is 80.5 Å². The van der Waals surface area contributed by atoms with E-state index in [-0.39, 0.29) is 6.10 Å². The van der Waals surface area contributed by atoms with E-state index in [0.717, 1.165) is 30.6 Å². The zero-order valence-corrected chi connectivity index (χ0v) is 11.5. The molecule has 0 amide bonds. The third-order valence-electron chi connectivity index (χ3n) is 5.58. The molecule has 1 heteroatoms. The van der Waals surface area contributed by atoms with Gasteiger partial charge in [0.15, 0.2) is 0 Å². The number of aliphatic hydroxyl groups excluding tert-OH is 1. The number of aliphatic hydroxyl groups is 1. The van der Waals surface area contributed by atoms with Gasteiger partial charge in [0, 0.05) is 0 Å². The monoisotopic (exact) mass is 236 g/mol. The Kier molecular flexibility index (Phi) is 3.01. The minimum absolute atomic E-state index is 0.0359. The van der Waals surface area contributed by atoms with E-state index in [2.05, 4.69) is 13.8 Å². The van der Waals surface area contributed by atoms with E-state index in [0.29, 0.717) is 11.3 Å². The van der Waals surface area contributed by atoms with Gasteiger partial charge in [0.2, 0.25) is 0 Å². The Hall–Kier alpha value is -0.0400. The smallest absolute Gasteiger partial charge is 0.0548 e. The highest BCUT2D eigenvalue weighted by Crippen LogP contribution is 2.61. The van der Waals surface area contributed by atoms with Crippen molar-refractivity contribution in [2.75, 3.05) is 0 Å². The summed E-state index contributed by atoms with van der Waals surface area (Å²) in [6, 6.07) is 0. The molecule has 1 atom stereocenters. The molecule has 0 aromatic carbocycles. The van der Waals surface area contributed by atoms with Crippen LogP contribution in [-0.4, -0.2) is 11.2 Å². The summed E-state index contributed by atoms with van der Waals surface area (Å²) in [5.41, 5.74) is 0.559. The van der Waals surface area contributed by atoms with Crippen LogP contribution in [0.2, 0.25) is 0 Å². The summed E-state index contributed by atoms with van der Waals surface area (Å²) in [5.74, 6) is 3.70. The Labute approximate surface area is 106 Å². The van der Waals surface area contributed by atoms with Crippen molar-refractivity contribution in [1.29, 1.82) is 0 Å². The van der Waals surface area contributed by atoms with E-state index in [9.17, 15) is 5.11 Å². The maximum Gasteiger partial charge on any atom is 0.0548 e. The van der Waals surface area contributed by atoms with E-state index < -0.39 is 0 Å². The van der Waals surface area contributed by atoms with E-state index in [1.165, 1.54) is 38.5 Å². The molecule has 4 fully saturated rings. The third-order valence-corrected chi connectivity index (χ3v) is 5.58. The van der Waals surface area contributed by atoms with Gasteiger partial charge in [0.1, 0.15) is 0 Å². The van der Waals surface area contributed by atoms with E-state index in [1.54, 1.807) is 0 Å². The van der Waals surface area contributed by atoms with Crippen LogP contribution >= 0.6 is 0 Å². The molecule has 0 radical (unpaired) electrons. The lowest BCUT2D eigenvalue weighted by molar-refractivity contribution is -0.0777. The van der Waals surface area contributed by atoms with Crippen LogP contribution in [0.25, 0.3) is 0 Å². The number of hydrogen-bond donors (Lipinski definition) is 1. The molecule has 4 aliphatic rings. The molecule has 0 aromatic heterocycles. The molecule has 1 unspecified atom stereocenters. The van der Waals surface area contributed by atoms with Crippen molar-refractivity contribution in [3.05, 3.63) is 0 Å². The fourth-order valence-corrected chi connectivity index (χ4v) is 5.67. The number of hydrogen-bond acceptors (Lipinski definition) is 1. The minimum atomic E-state index is -0.0359. The summed E-state index contributed by atoms with van der Waals surface area (Å²) in [6.45, 7) is 4.45. The van der Waals surface area contributed by atoms with Gasteiger partial charge in [-0.3, -0.25) is 0 Å².